The number of nitrogens with zero attached hydrogens (tertiary/aromatic N) is 2. The van der Waals surface area contributed by atoms with Crippen LogP contribution < -0.4 is 15.4 Å². The number of rotatable bonds is 10. The van der Waals surface area contributed by atoms with Crippen molar-refractivity contribution in [1.82, 2.24) is 15.5 Å². The second kappa shape index (κ2) is 12.7. The zero-order chi connectivity index (χ0) is 20.6. The molecular formula is C23H39IN4O2. The summed E-state index contributed by atoms with van der Waals surface area (Å²) in [5.74, 6) is 1.76. The molecule has 0 amide bonds. The third kappa shape index (κ3) is 7.89. The van der Waals surface area contributed by atoms with Gasteiger partial charge in [-0.3, -0.25) is 9.89 Å². The lowest BCUT2D eigenvalue weighted by molar-refractivity contribution is 0.0676. The first-order chi connectivity index (χ1) is 14.1. The van der Waals surface area contributed by atoms with Crippen molar-refractivity contribution >= 4 is 29.9 Å². The molecule has 1 aromatic carbocycles. The number of ether oxygens (including phenoxy) is 2. The lowest BCUT2D eigenvalue weighted by Crippen LogP contribution is -2.43. The number of nitrogens with one attached hydrogen (secondary N) is 2. The lowest BCUT2D eigenvalue weighted by Gasteiger charge is -2.26. The van der Waals surface area contributed by atoms with Crippen LogP contribution in [0.4, 0.5) is 0 Å². The molecule has 1 heterocycles. The molecule has 30 heavy (non-hydrogen) atoms. The van der Waals surface area contributed by atoms with E-state index in [4.69, 9.17) is 9.47 Å². The van der Waals surface area contributed by atoms with Crippen LogP contribution in [0.2, 0.25) is 0 Å². The van der Waals surface area contributed by atoms with Gasteiger partial charge in [0.15, 0.2) is 5.96 Å². The SMILES string of the molecule is CN=C(NCCN(C(C)C)C1CC1)NCc1ccc(C)cc1OCC1CCCO1.I. The van der Waals surface area contributed by atoms with E-state index in [0.717, 1.165) is 55.9 Å². The summed E-state index contributed by atoms with van der Waals surface area (Å²) in [6.07, 6.45) is 5.12. The van der Waals surface area contributed by atoms with Gasteiger partial charge in [-0.2, -0.15) is 0 Å². The highest BCUT2D eigenvalue weighted by Gasteiger charge is 2.30. The van der Waals surface area contributed by atoms with E-state index in [2.05, 4.69) is 59.5 Å². The summed E-state index contributed by atoms with van der Waals surface area (Å²) >= 11 is 0. The van der Waals surface area contributed by atoms with E-state index in [1.54, 1.807) is 0 Å². The maximum Gasteiger partial charge on any atom is 0.191 e. The Morgan fingerprint density at radius 2 is 2.07 bits per heavy atom. The second-order valence-corrected chi connectivity index (χ2v) is 8.47. The molecule has 0 radical (unpaired) electrons. The van der Waals surface area contributed by atoms with Crippen LogP contribution in [0.5, 0.6) is 5.75 Å². The second-order valence-electron chi connectivity index (χ2n) is 8.47. The minimum atomic E-state index is 0. The molecule has 0 aromatic heterocycles. The molecule has 2 fully saturated rings. The van der Waals surface area contributed by atoms with Crippen LogP contribution in [0.3, 0.4) is 0 Å². The average Bonchev–Trinajstić information content (AvgIpc) is 3.40. The highest BCUT2D eigenvalue weighted by atomic mass is 127. The zero-order valence-electron chi connectivity index (χ0n) is 18.9. The van der Waals surface area contributed by atoms with Crippen molar-refractivity contribution in [2.45, 2.75) is 71.2 Å². The monoisotopic (exact) mass is 530 g/mol. The predicted molar refractivity (Wildman–Crippen MR) is 134 cm³/mol. The molecule has 6 nitrogen and oxygen atoms in total. The fourth-order valence-electron chi connectivity index (χ4n) is 3.87. The van der Waals surface area contributed by atoms with Crippen LogP contribution in [0.15, 0.2) is 23.2 Å². The molecule has 1 aliphatic carbocycles. The van der Waals surface area contributed by atoms with E-state index in [1.807, 2.05) is 7.05 Å². The van der Waals surface area contributed by atoms with Crippen molar-refractivity contribution in [2.24, 2.45) is 4.99 Å². The van der Waals surface area contributed by atoms with Crippen molar-refractivity contribution < 1.29 is 9.47 Å². The normalized spacial score (nSPS) is 19.1. The third-order valence-corrected chi connectivity index (χ3v) is 5.68. The highest BCUT2D eigenvalue weighted by molar-refractivity contribution is 14.0. The van der Waals surface area contributed by atoms with Gasteiger partial charge in [-0.1, -0.05) is 12.1 Å². The Labute approximate surface area is 199 Å². The van der Waals surface area contributed by atoms with Crippen LogP contribution >= 0.6 is 24.0 Å². The Kier molecular flexibility index (Phi) is 10.7. The number of benzene rings is 1. The Morgan fingerprint density at radius 3 is 2.70 bits per heavy atom. The molecule has 2 N–H and O–H groups in total. The summed E-state index contributed by atoms with van der Waals surface area (Å²) in [6, 6.07) is 7.74. The van der Waals surface area contributed by atoms with Crippen LogP contribution in [-0.4, -0.2) is 62.4 Å². The number of guanidine groups is 1. The number of aryl methyl sites for hydroxylation is 1. The summed E-state index contributed by atoms with van der Waals surface area (Å²) in [6.45, 7) is 10.7. The molecular weight excluding hydrogens is 491 g/mol. The molecule has 170 valence electrons. The van der Waals surface area contributed by atoms with Gasteiger partial charge in [0.25, 0.3) is 0 Å². The Hall–Kier alpha value is -1.06. The molecule has 0 spiro atoms. The molecule has 3 rings (SSSR count). The molecule has 1 aliphatic heterocycles. The van der Waals surface area contributed by atoms with Gasteiger partial charge < -0.3 is 20.1 Å². The largest absolute Gasteiger partial charge is 0.491 e. The molecule has 2 aliphatic rings. The summed E-state index contributed by atoms with van der Waals surface area (Å²) in [7, 11) is 1.82. The van der Waals surface area contributed by atoms with E-state index in [-0.39, 0.29) is 30.1 Å². The summed E-state index contributed by atoms with van der Waals surface area (Å²) in [5.41, 5.74) is 2.34. The van der Waals surface area contributed by atoms with Gasteiger partial charge in [0, 0.05) is 50.9 Å². The molecule has 0 bridgehead atoms. The lowest BCUT2D eigenvalue weighted by atomic mass is 10.1. The average molecular weight is 530 g/mol. The Bertz CT molecular complexity index is 671. The van der Waals surface area contributed by atoms with Crippen molar-refractivity contribution in [2.75, 3.05) is 33.4 Å². The van der Waals surface area contributed by atoms with E-state index < -0.39 is 0 Å². The van der Waals surface area contributed by atoms with E-state index >= 15 is 0 Å². The van der Waals surface area contributed by atoms with E-state index in [9.17, 15) is 0 Å². The zero-order valence-corrected chi connectivity index (χ0v) is 21.3. The van der Waals surface area contributed by atoms with Crippen LogP contribution in [0.1, 0.15) is 50.7 Å². The molecule has 1 saturated heterocycles. The van der Waals surface area contributed by atoms with E-state index in [1.165, 1.54) is 18.4 Å². The Morgan fingerprint density at radius 1 is 1.27 bits per heavy atom. The van der Waals surface area contributed by atoms with Gasteiger partial charge in [0.2, 0.25) is 0 Å². The summed E-state index contributed by atoms with van der Waals surface area (Å²) in [4.78, 5) is 6.96. The van der Waals surface area contributed by atoms with Crippen LogP contribution in [-0.2, 0) is 11.3 Å². The molecule has 1 saturated carbocycles. The van der Waals surface area contributed by atoms with Crippen molar-refractivity contribution in [3.8, 4) is 5.75 Å². The number of halogens is 1. The molecule has 1 atom stereocenters. The topological polar surface area (TPSA) is 58.1 Å². The van der Waals surface area contributed by atoms with Gasteiger partial charge in [-0.25, -0.2) is 0 Å². The highest BCUT2D eigenvalue weighted by Crippen LogP contribution is 2.28. The number of hydrogen-bond donors (Lipinski definition) is 2. The third-order valence-electron chi connectivity index (χ3n) is 5.68. The van der Waals surface area contributed by atoms with Gasteiger partial charge in [-0.05, 0) is 58.1 Å². The van der Waals surface area contributed by atoms with Crippen molar-refractivity contribution in [1.29, 1.82) is 0 Å². The first-order valence-corrected chi connectivity index (χ1v) is 11.1. The first-order valence-electron chi connectivity index (χ1n) is 11.1. The minimum Gasteiger partial charge on any atom is -0.491 e. The fraction of sp³-hybridized carbons (Fsp3) is 0.696. The number of aliphatic imine (C=N–C) groups is 1. The Balaban J connectivity index is 0.00000320. The van der Waals surface area contributed by atoms with Gasteiger partial charge in [0.1, 0.15) is 12.4 Å². The molecule has 1 aromatic rings. The molecule has 1 unspecified atom stereocenters. The maximum atomic E-state index is 6.11. The van der Waals surface area contributed by atoms with Crippen molar-refractivity contribution in [3.63, 3.8) is 0 Å². The predicted octanol–water partition coefficient (Wildman–Crippen LogP) is 3.71. The summed E-state index contributed by atoms with van der Waals surface area (Å²) < 4.78 is 11.8. The van der Waals surface area contributed by atoms with Gasteiger partial charge in [0.05, 0.1) is 6.10 Å². The molecule has 7 heteroatoms. The van der Waals surface area contributed by atoms with Gasteiger partial charge in [-0.15, -0.1) is 24.0 Å². The first kappa shape index (κ1) is 25.2. The van der Waals surface area contributed by atoms with Crippen LogP contribution in [0, 0.1) is 6.92 Å². The minimum absolute atomic E-state index is 0. The smallest absolute Gasteiger partial charge is 0.191 e. The summed E-state index contributed by atoms with van der Waals surface area (Å²) in [5, 5.41) is 6.88. The fourth-order valence-corrected chi connectivity index (χ4v) is 3.87. The number of hydrogen-bond acceptors (Lipinski definition) is 4. The standard InChI is InChI=1S/C23H38N4O2.HI/c1-17(2)27(20-9-10-20)12-11-25-23(24-4)26-15-19-8-7-18(3)14-22(19)29-16-21-6-5-13-28-21;/h7-8,14,17,20-21H,5-6,9-13,15-16H2,1-4H3,(H2,24,25,26);1H. The van der Waals surface area contributed by atoms with E-state index in [0.29, 0.717) is 19.2 Å². The van der Waals surface area contributed by atoms with Gasteiger partial charge >= 0.3 is 0 Å². The quantitative estimate of drug-likeness (QED) is 0.275. The maximum absolute atomic E-state index is 6.11. The van der Waals surface area contributed by atoms with Crippen molar-refractivity contribution in [3.05, 3.63) is 29.3 Å². The van der Waals surface area contributed by atoms with Crippen LogP contribution in [0.25, 0.3) is 0 Å².